The van der Waals surface area contributed by atoms with Gasteiger partial charge < -0.3 is 15.4 Å². The number of nitrogens with one attached hydrogen (secondary N) is 2. The highest BCUT2D eigenvalue weighted by molar-refractivity contribution is 9.10. The summed E-state index contributed by atoms with van der Waals surface area (Å²) < 4.78 is 21.3. The number of hydrogen-bond donors (Lipinski definition) is 2. The lowest BCUT2D eigenvalue weighted by Gasteiger charge is -2.37. The maximum absolute atomic E-state index is 14.2. The molecular formula is C30H27BrFN5O3. The molecule has 0 radical (unpaired) electrons. The molecule has 3 amide bonds. The van der Waals surface area contributed by atoms with Crippen LogP contribution >= 0.6 is 15.9 Å². The van der Waals surface area contributed by atoms with Gasteiger partial charge in [-0.25, -0.2) is 9.18 Å². The Hall–Kier alpha value is -4.44. The highest BCUT2D eigenvalue weighted by Gasteiger charge is 2.39. The van der Waals surface area contributed by atoms with Gasteiger partial charge in [0.1, 0.15) is 16.2 Å². The van der Waals surface area contributed by atoms with Crippen LogP contribution < -0.4 is 15.4 Å². The van der Waals surface area contributed by atoms with E-state index in [1.807, 2.05) is 54.6 Å². The van der Waals surface area contributed by atoms with Crippen LogP contribution in [0.1, 0.15) is 28.3 Å². The summed E-state index contributed by atoms with van der Waals surface area (Å²) in [5.41, 5.74) is 3.97. The van der Waals surface area contributed by atoms with E-state index in [-0.39, 0.29) is 12.6 Å². The Morgan fingerprint density at radius 2 is 1.85 bits per heavy atom. The van der Waals surface area contributed by atoms with Crippen LogP contribution in [0.2, 0.25) is 0 Å². The van der Waals surface area contributed by atoms with Crippen LogP contribution in [0.3, 0.4) is 0 Å². The zero-order chi connectivity index (χ0) is 28.4. The smallest absolute Gasteiger partial charge is 0.322 e. The Morgan fingerprint density at radius 3 is 2.48 bits per heavy atom. The standard InChI is InChI=1S/C30H27BrFN5O3/c1-18-15-21(32)11-14-24(18)34-29(38)25-26(23-16-33-36(2)28(23)31)35-30(39)37(27(25)20-7-5-4-6-8-20)17-19-9-12-22(40-3)13-10-19/h4-16,26H,17H2,1-3H3,(H,34,38)(H,35,39). The van der Waals surface area contributed by atoms with Crippen LogP contribution in [0, 0.1) is 12.7 Å². The molecule has 1 atom stereocenters. The number of benzene rings is 3. The monoisotopic (exact) mass is 603 g/mol. The Bertz CT molecular complexity index is 1600. The number of carbonyl (C=O) groups is 2. The van der Waals surface area contributed by atoms with Crippen molar-refractivity contribution in [2.75, 3.05) is 12.4 Å². The van der Waals surface area contributed by atoms with Gasteiger partial charge in [-0.3, -0.25) is 14.4 Å². The molecule has 1 unspecified atom stereocenters. The van der Waals surface area contributed by atoms with Crippen molar-refractivity contribution < 1.29 is 18.7 Å². The first-order chi connectivity index (χ1) is 19.3. The minimum absolute atomic E-state index is 0.202. The molecule has 204 valence electrons. The summed E-state index contributed by atoms with van der Waals surface area (Å²) in [7, 11) is 3.35. The van der Waals surface area contributed by atoms with Crippen molar-refractivity contribution >= 4 is 39.3 Å². The van der Waals surface area contributed by atoms with E-state index >= 15 is 0 Å². The predicted octanol–water partition coefficient (Wildman–Crippen LogP) is 5.96. The normalized spacial score (nSPS) is 15.2. The number of hydrogen-bond acceptors (Lipinski definition) is 4. The van der Waals surface area contributed by atoms with Gasteiger partial charge in [0.2, 0.25) is 0 Å². The van der Waals surface area contributed by atoms with Crippen LogP contribution in [0.25, 0.3) is 5.70 Å². The number of methoxy groups -OCH3 is 1. The van der Waals surface area contributed by atoms with Gasteiger partial charge in [0.05, 0.1) is 37.2 Å². The summed E-state index contributed by atoms with van der Waals surface area (Å²) in [5.74, 6) is -0.136. The molecule has 5 rings (SSSR count). The minimum atomic E-state index is -0.821. The van der Waals surface area contributed by atoms with Crippen molar-refractivity contribution in [1.82, 2.24) is 20.0 Å². The minimum Gasteiger partial charge on any atom is -0.497 e. The number of urea groups is 1. The van der Waals surface area contributed by atoms with E-state index in [9.17, 15) is 14.0 Å². The van der Waals surface area contributed by atoms with E-state index in [4.69, 9.17) is 4.74 Å². The fourth-order valence-electron chi connectivity index (χ4n) is 4.69. The highest BCUT2D eigenvalue weighted by Crippen LogP contribution is 2.39. The van der Waals surface area contributed by atoms with Gasteiger partial charge in [0, 0.05) is 18.3 Å². The van der Waals surface area contributed by atoms with Gasteiger partial charge in [-0.15, -0.1) is 0 Å². The molecule has 2 heterocycles. The fourth-order valence-corrected chi connectivity index (χ4v) is 5.11. The molecule has 0 bridgehead atoms. The van der Waals surface area contributed by atoms with E-state index < -0.39 is 17.8 Å². The number of carbonyl (C=O) groups excluding carboxylic acids is 2. The first-order valence-corrected chi connectivity index (χ1v) is 13.3. The van der Waals surface area contributed by atoms with Crippen LogP contribution in [0.5, 0.6) is 5.75 Å². The number of halogens is 2. The molecule has 1 aromatic heterocycles. The number of aromatic nitrogens is 2. The van der Waals surface area contributed by atoms with Crippen LogP contribution in [-0.2, 0) is 18.4 Å². The maximum Gasteiger partial charge on any atom is 0.322 e. The van der Waals surface area contributed by atoms with Gasteiger partial charge in [-0.2, -0.15) is 5.10 Å². The zero-order valence-corrected chi connectivity index (χ0v) is 23.7. The maximum atomic E-state index is 14.2. The molecule has 8 nitrogen and oxygen atoms in total. The van der Waals surface area contributed by atoms with Gasteiger partial charge in [-0.1, -0.05) is 42.5 Å². The SMILES string of the molecule is COc1ccc(CN2C(=O)NC(c3cnn(C)c3Br)C(C(=O)Nc3ccc(F)cc3C)=C2c2ccccc2)cc1. The third kappa shape index (κ3) is 5.35. The first kappa shape index (κ1) is 27.1. The Morgan fingerprint density at radius 1 is 1.12 bits per heavy atom. The summed E-state index contributed by atoms with van der Waals surface area (Å²) in [4.78, 5) is 29.5. The summed E-state index contributed by atoms with van der Waals surface area (Å²) >= 11 is 3.56. The van der Waals surface area contributed by atoms with E-state index in [0.717, 1.165) is 5.56 Å². The third-order valence-electron chi connectivity index (χ3n) is 6.76. The molecular weight excluding hydrogens is 577 g/mol. The average Bonchev–Trinajstić information content (AvgIpc) is 3.29. The molecule has 0 saturated heterocycles. The lowest BCUT2D eigenvalue weighted by atomic mass is 9.92. The van der Waals surface area contributed by atoms with E-state index in [1.165, 1.54) is 18.2 Å². The van der Waals surface area contributed by atoms with Gasteiger partial charge in [0.15, 0.2) is 0 Å². The Balaban J connectivity index is 1.69. The second kappa shape index (κ2) is 11.4. The van der Waals surface area contributed by atoms with Crippen LogP contribution in [0.4, 0.5) is 14.9 Å². The molecule has 2 N–H and O–H groups in total. The lowest BCUT2D eigenvalue weighted by Crippen LogP contribution is -2.48. The lowest BCUT2D eigenvalue weighted by molar-refractivity contribution is -0.113. The molecule has 4 aromatic rings. The van der Waals surface area contributed by atoms with Gasteiger partial charge in [-0.05, 0) is 69.9 Å². The zero-order valence-electron chi connectivity index (χ0n) is 22.1. The molecule has 10 heteroatoms. The van der Waals surface area contributed by atoms with Crippen molar-refractivity contribution in [3.8, 4) is 5.75 Å². The van der Waals surface area contributed by atoms with Crippen LogP contribution in [0.15, 0.2) is 89.2 Å². The highest BCUT2D eigenvalue weighted by atomic mass is 79.9. The quantitative estimate of drug-likeness (QED) is 0.273. The van der Waals surface area contributed by atoms with Crippen molar-refractivity contribution in [2.45, 2.75) is 19.5 Å². The number of aryl methyl sites for hydroxylation is 2. The fraction of sp³-hybridized carbons (Fsp3) is 0.167. The molecule has 40 heavy (non-hydrogen) atoms. The topological polar surface area (TPSA) is 88.5 Å². The second-order valence-corrected chi connectivity index (χ2v) is 10.1. The van der Waals surface area contributed by atoms with E-state index in [1.54, 1.807) is 36.9 Å². The predicted molar refractivity (Wildman–Crippen MR) is 154 cm³/mol. The van der Waals surface area contributed by atoms with E-state index in [2.05, 4.69) is 31.7 Å². The van der Waals surface area contributed by atoms with Crippen molar-refractivity contribution in [2.24, 2.45) is 7.05 Å². The number of rotatable bonds is 7. The number of anilines is 1. The molecule has 0 fully saturated rings. The molecule has 0 spiro atoms. The largest absolute Gasteiger partial charge is 0.497 e. The van der Waals surface area contributed by atoms with Crippen molar-refractivity contribution in [3.05, 3.63) is 117 Å². The molecule has 1 aliphatic rings. The Kier molecular flexibility index (Phi) is 7.70. The Labute approximate surface area is 239 Å². The summed E-state index contributed by atoms with van der Waals surface area (Å²) in [6, 6.07) is 19.7. The summed E-state index contributed by atoms with van der Waals surface area (Å²) in [6.45, 7) is 1.92. The van der Waals surface area contributed by atoms with Gasteiger partial charge in [0.25, 0.3) is 5.91 Å². The molecule has 0 saturated carbocycles. The number of nitrogens with zero attached hydrogens (tertiary/aromatic N) is 3. The molecule has 1 aliphatic heterocycles. The number of amides is 3. The van der Waals surface area contributed by atoms with Gasteiger partial charge >= 0.3 is 6.03 Å². The van der Waals surface area contributed by atoms with Crippen LogP contribution in [-0.4, -0.2) is 33.7 Å². The number of ether oxygens (including phenoxy) is 1. The van der Waals surface area contributed by atoms with Crippen molar-refractivity contribution in [1.29, 1.82) is 0 Å². The average molecular weight is 604 g/mol. The summed E-state index contributed by atoms with van der Waals surface area (Å²) in [5, 5.41) is 10.3. The third-order valence-corrected chi connectivity index (χ3v) is 7.73. The molecule has 3 aromatic carbocycles. The molecule has 0 aliphatic carbocycles. The van der Waals surface area contributed by atoms with Crippen molar-refractivity contribution in [3.63, 3.8) is 0 Å². The summed E-state index contributed by atoms with van der Waals surface area (Å²) in [6.07, 6.45) is 1.62. The first-order valence-electron chi connectivity index (χ1n) is 12.5. The second-order valence-electron chi connectivity index (χ2n) is 9.37. The van der Waals surface area contributed by atoms with E-state index in [0.29, 0.717) is 44.0 Å².